The third-order valence-electron chi connectivity index (χ3n) is 6.84. The van der Waals surface area contributed by atoms with Gasteiger partial charge in [-0.2, -0.15) is 0 Å². The zero-order valence-corrected chi connectivity index (χ0v) is 17.8. The summed E-state index contributed by atoms with van der Waals surface area (Å²) in [5.41, 5.74) is 4.64. The molecule has 0 spiro atoms. The first kappa shape index (κ1) is 19.9. The molecule has 5 rings (SSSR count). The van der Waals surface area contributed by atoms with Gasteiger partial charge in [-0.3, -0.25) is 9.59 Å². The van der Waals surface area contributed by atoms with Gasteiger partial charge < -0.3 is 25.1 Å². The molecule has 1 saturated heterocycles. The predicted molar refractivity (Wildman–Crippen MR) is 120 cm³/mol. The summed E-state index contributed by atoms with van der Waals surface area (Å²) >= 11 is 0. The van der Waals surface area contributed by atoms with Crippen molar-refractivity contribution in [1.82, 2.24) is 9.80 Å². The van der Waals surface area contributed by atoms with E-state index in [-0.39, 0.29) is 18.4 Å². The molecule has 2 aromatic rings. The van der Waals surface area contributed by atoms with E-state index >= 15 is 0 Å². The molecule has 2 aromatic carbocycles. The van der Waals surface area contributed by atoms with Crippen molar-refractivity contribution in [3.8, 4) is 11.1 Å². The highest BCUT2D eigenvalue weighted by molar-refractivity contribution is 5.95. The highest BCUT2D eigenvalue weighted by atomic mass is 16.3. The number of hydrogen-bond donors (Lipinski definition) is 2. The van der Waals surface area contributed by atoms with Crippen molar-refractivity contribution < 1.29 is 14.7 Å². The van der Waals surface area contributed by atoms with Crippen LogP contribution in [0.4, 0.5) is 11.4 Å². The lowest BCUT2D eigenvalue weighted by atomic mass is 10.0. The van der Waals surface area contributed by atoms with E-state index < -0.39 is 5.41 Å². The van der Waals surface area contributed by atoms with Gasteiger partial charge in [0.1, 0.15) is 0 Å². The molecule has 1 aliphatic carbocycles. The van der Waals surface area contributed by atoms with E-state index in [9.17, 15) is 14.7 Å². The Morgan fingerprint density at radius 1 is 0.968 bits per heavy atom. The lowest BCUT2D eigenvalue weighted by molar-refractivity contribution is -0.140. The van der Waals surface area contributed by atoms with Crippen LogP contribution in [0.25, 0.3) is 11.1 Å². The number of nitrogens with zero attached hydrogens (tertiary/aromatic N) is 3. The number of aliphatic hydroxyl groups excluding tert-OH is 1. The number of amides is 2. The smallest absolute Gasteiger partial charge is 0.253 e. The molecule has 2 N–H and O–H groups in total. The second kappa shape index (κ2) is 7.57. The van der Waals surface area contributed by atoms with Gasteiger partial charge in [-0.25, -0.2) is 0 Å². The van der Waals surface area contributed by atoms with Crippen LogP contribution in [0, 0.1) is 5.41 Å². The first-order valence-corrected chi connectivity index (χ1v) is 10.9. The van der Waals surface area contributed by atoms with Crippen LogP contribution in [-0.2, 0) is 4.79 Å². The van der Waals surface area contributed by atoms with Crippen molar-refractivity contribution in [3.63, 3.8) is 0 Å². The molecule has 7 heteroatoms. The zero-order valence-electron chi connectivity index (χ0n) is 17.8. The summed E-state index contributed by atoms with van der Waals surface area (Å²) in [6.45, 7) is 2.85. The number of anilines is 2. The van der Waals surface area contributed by atoms with Gasteiger partial charge in [0, 0.05) is 38.8 Å². The van der Waals surface area contributed by atoms with Crippen LogP contribution in [0.1, 0.15) is 23.2 Å². The Morgan fingerprint density at radius 2 is 1.61 bits per heavy atom. The topological polar surface area (TPSA) is 76.1 Å². The lowest BCUT2D eigenvalue weighted by Gasteiger charge is -2.36. The van der Waals surface area contributed by atoms with Crippen molar-refractivity contribution in [2.45, 2.75) is 12.8 Å². The molecule has 0 radical (unpaired) electrons. The average molecular weight is 421 g/mol. The van der Waals surface area contributed by atoms with E-state index in [0.717, 1.165) is 36.3 Å². The molecule has 7 nitrogen and oxygen atoms in total. The summed E-state index contributed by atoms with van der Waals surface area (Å²) < 4.78 is 0. The Hall–Kier alpha value is -3.06. The Kier molecular flexibility index (Phi) is 4.85. The van der Waals surface area contributed by atoms with E-state index in [4.69, 9.17) is 0 Å². The van der Waals surface area contributed by atoms with Crippen LogP contribution < -0.4 is 10.2 Å². The van der Waals surface area contributed by atoms with Gasteiger partial charge in [0.2, 0.25) is 5.91 Å². The summed E-state index contributed by atoms with van der Waals surface area (Å²) in [6.07, 6.45) is 1.54. The van der Waals surface area contributed by atoms with Crippen LogP contribution in [0.15, 0.2) is 42.5 Å². The Bertz CT molecular complexity index is 1010. The summed E-state index contributed by atoms with van der Waals surface area (Å²) in [7, 11) is 2.06. The third-order valence-corrected chi connectivity index (χ3v) is 6.84. The molecule has 162 valence electrons. The average Bonchev–Trinajstić information content (AvgIpc) is 3.55. The number of rotatable bonds is 4. The molecule has 0 unspecified atom stereocenters. The second-order valence-electron chi connectivity index (χ2n) is 8.86. The minimum absolute atomic E-state index is 0.000753. The Balaban J connectivity index is 1.23. The second-order valence-corrected chi connectivity index (χ2v) is 8.86. The Morgan fingerprint density at radius 3 is 2.26 bits per heavy atom. The SMILES string of the molecule is CN1CNc2cc(-c3ccc(C(=O)N4CCN(C(=O)C5(CO)CC5)CC4)cc3)ccc21. The van der Waals surface area contributed by atoms with Crippen LogP contribution in [-0.4, -0.2) is 73.2 Å². The molecule has 2 aliphatic heterocycles. The monoisotopic (exact) mass is 420 g/mol. The molecule has 1 saturated carbocycles. The molecule has 0 bridgehead atoms. The molecule has 2 heterocycles. The number of hydrogen-bond acceptors (Lipinski definition) is 5. The highest BCUT2D eigenvalue weighted by Gasteiger charge is 2.51. The first-order chi connectivity index (χ1) is 15.0. The van der Waals surface area contributed by atoms with Gasteiger partial charge in [-0.05, 0) is 48.2 Å². The normalized spacial score (nSPS) is 19.1. The van der Waals surface area contributed by atoms with Crippen molar-refractivity contribution in [3.05, 3.63) is 48.0 Å². The van der Waals surface area contributed by atoms with Crippen molar-refractivity contribution in [2.24, 2.45) is 5.41 Å². The number of benzene rings is 2. The lowest BCUT2D eigenvalue weighted by Crippen LogP contribution is -2.52. The van der Waals surface area contributed by atoms with E-state index in [2.05, 4.69) is 35.5 Å². The number of carbonyl (C=O) groups is 2. The van der Waals surface area contributed by atoms with E-state index in [0.29, 0.717) is 31.7 Å². The maximum atomic E-state index is 12.9. The highest BCUT2D eigenvalue weighted by Crippen LogP contribution is 2.46. The summed E-state index contributed by atoms with van der Waals surface area (Å²) in [6, 6.07) is 14.1. The molecule has 3 aliphatic rings. The fourth-order valence-electron chi connectivity index (χ4n) is 4.51. The maximum Gasteiger partial charge on any atom is 0.253 e. The quantitative estimate of drug-likeness (QED) is 0.793. The Labute approximate surface area is 182 Å². The first-order valence-electron chi connectivity index (χ1n) is 10.9. The van der Waals surface area contributed by atoms with Gasteiger partial charge in [0.05, 0.1) is 30.1 Å². The van der Waals surface area contributed by atoms with E-state index in [1.165, 1.54) is 5.69 Å². The molecule has 2 amide bonds. The number of nitrogens with one attached hydrogen (secondary N) is 1. The number of piperazine rings is 1. The van der Waals surface area contributed by atoms with Crippen molar-refractivity contribution in [1.29, 1.82) is 0 Å². The van der Waals surface area contributed by atoms with Crippen LogP contribution in [0.5, 0.6) is 0 Å². The van der Waals surface area contributed by atoms with E-state index in [1.807, 2.05) is 29.2 Å². The maximum absolute atomic E-state index is 12.9. The standard InChI is InChI=1S/C24H28N4O3/c1-26-16-25-20-14-19(6-7-21(20)26)17-2-4-18(5-3-17)22(30)27-10-12-28(13-11-27)23(31)24(15-29)8-9-24/h2-7,14,25,29H,8-13,15-16H2,1H3. The third kappa shape index (κ3) is 3.53. The van der Waals surface area contributed by atoms with Gasteiger partial charge in [-0.15, -0.1) is 0 Å². The summed E-state index contributed by atoms with van der Waals surface area (Å²) in [5, 5.41) is 12.9. The summed E-state index contributed by atoms with van der Waals surface area (Å²) in [4.78, 5) is 31.3. The molecule has 31 heavy (non-hydrogen) atoms. The van der Waals surface area contributed by atoms with E-state index in [1.54, 1.807) is 4.90 Å². The largest absolute Gasteiger partial charge is 0.395 e. The van der Waals surface area contributed by atoms with Crippen LogP contribution in [0.2, 0.25) is 0 Å². The van der Waals surface area contributed by atoms with Crippen molar-refractivity contribution >= 4 is 23.2 Å². The van der Waals surface area contributed by atoms with Gasteiger partial charge in [0.15, 0.2) is 0 Å². The zero-order chi connectivity index (χ0) is 21.6. The summed E-state index contributed by atoms with van der Waals surface area (Å²) in [5.74, 6) is 0.0423. The van der Waals surface area contributed by atoms with Crippen molar-refractivity contribution in [2.75, 3.05) is 56.7 Å². The molecular weight excluding hydrogens is 392 g/mol. The molecule has 0 atom stereocenters. The number of carbonyl (C=O) groups excluding carboxylic acids is 2. The minimum atomic E-state index is -0.537. The molecule has 0 aromatic heterocycles. The fraction of sp³-hybridized carbons (Fsp3) is 0.417. The van der Waals surface area contributed by atoms with Gasteiger partial charge >= 0.3 is 0 Å². The molecular formula is C24H28N4O3. The predicted octanol–water partition coefficient (Wildman–Crippen LogP) is 2.23. The van der Waals surface area contributed by atoms with Crippen LogP contribution >= 0.6 is 0 Å². The number of fused-ring (bicyclic) bond motifs is 1. The van der Waals surface area contributed by atoms with Gasteiger partial charge in [-0.1, -0.05) is 18.2 Å². The minimum Gasteiger partial charge on any atom is -0.395 e. The van der Waals surface area contributed by atoms with Gasteiger partial charge in [0.25, 0.3) is 5.91 Å². The fourth-order valence-corrected chi connectivity index (χ4v) is 4.51. The van der Waals surface area contributed by atoms with Crippen LogP contribution in [0.3, 0.4) is 0 Å². The molecule has 2 fully saturated rings. The number of aliphatic hydroxyl groups is 1.